The van der Waals surface area contributed by atoms with Crippen LogP contribution in [0.2, 0.25) is 0 Å². The number of unbranched alkanes of at least 4 members (excludes halogenated alkanes) is 2. The Morgan fingerprint density at radius 3 is 2.62 bits per heavy atom. The highest BCUT2D eigenvalue weighted by Gasteiger charge is 2.02. The first kappa shape index (κ1) is 15.4. The van der Waals surface area contributed by atoms with Crippen LogP contribution in [0.5, 0.6) is 11.5 Å². The summed E-state index contributed by atoms with van der Waals surface area (Å²) >= 11 is 0. The lowest BCUT2D eigenvalue weighted by molar-refractivity contribution is 0.478. The van der Waals surface area contributed by atoms with Gasteiger partial charge in [0.2, 0.25) is 0 Å². The molecule has 0 aliphatic carbocycles. The van der Waals surface area contributed by atoms with Crippen LogP contribution in [0.3, 0.4) is 0 Å². The van der Waals surface area contributed by atoms with Gasteiger partial charge in [0.05, 0.1) is 0 Å². The van der Waals surface area contributed by atoms with Crippen LogP contribution in [0, 0.1) is 13.8 Å². The summed E-state index contributed by atoms with van der Waals surface area (Å²) in [4.78, 5) is 0. The molecule has 0 spiro atoms. The van der Waals surface area contributed by atoms with Crippen molar-refractivity contribution in [2.45, 2.75) is 40.0 Å². The minimum atomic E-state index is 0.893. The predicted octanol–water partition coefficient (Wildman–Crippen LogP) is 6.30. The summed E-state index contributed by atoms with van der Waals surface area (Å²) < 4.78 is 5.96. The van der Waals surface area contributed by atoms with Gasteiger partial charge in [-0.1, -0.05) is 50.1 Å². The maximum atomic E-state index is 5.96. The zero-order valence-corrected chi connectivity index (χ0v) is 13.2. The summed E-state index contributed by atoms with van der Waals surface area (Å²) in [5.41, 5.74) is 3.61. The molecule has 2 rings (SSSR count). The number of benzene rings is 2. The van der Waals surface area contributed by atoms with Crippen molar-refractivity contribution in [2.75, 3.05) is 0 Å². The number of allylic oxidation sites excluding steroid dienone is 1. The Kier molecular flexibility index (Phi) is 5.62. The summed E-state index contributed by atoms with van der Waals surface area (Å²) in [6.07, 6.45) is 8.09. The smallest absolute Gasteiger partial charge is 0.130 e. The molecular formula is C20H24O. The third kappa shape index (κ3) is 4.78. The molecule has 110 valence electrons. The van der Waals surface area contributed by atoms with Crippen LogP contribution in [-0.4, -0.2) is 0 Å². The van der Waals surface area contributed by atoms with E-state index in [1.807, 2.05) is 12.1 Å². The fourth-order valence-electron chi connectivity index (χ4n) is 2.24. The monoisotopic (exact) mass is 280 g/mol. The van der Waals surface area contributed by atoms with E-state index in [0.29, 0.717) is 0 Å². The fraction of sp³-hybridized carbons (Fsp3) is 0.300. The molecule has 0 aliphatic rings. The van der Waals surface area contributed by atoms with Gasteiger partial charge in [-0.15, -0.1) is 0 Å². The van der Waals surface area contributed by atoms with Gasteiger partial charge >= 0.3 is 0 Å². The zero-order valence-electron chi connectivity index (χ0n) is 13.2. The van der Waals surface area contributed by atoms with Crippen molar-refractivity contribution >= 4 is 6.08 Å². The Balaban J connectivity index is 2.07. The molecule has 0 heterocycles. The summed E-state index contributed by atoms with van der Waals surface area (Å²) in [6.45, 7) is 6.38. The SMILES string of the molecule is CCCC/C=C/c1ccc(Oc2cccc(C)c2)c(C)c1. The van der Waals surface area contributed by atoms with Crippen LogP contribution in [0.4, 0.5) is 0 Å². The van der Waals surface area contributed by atoms with Crippen molar-refractivity contribution in [1.29, 1.82) is 0 Å². The van der Waals surface area contributed by atoms with Crippen molar-refractivity contribution in [2.24, 2.45) is 0 Å². The first-order chi connectivity index (χ1) is 10.2. The number of rotatable bonds is 6. The molecule has 0 unspecified atom stereocenters. The van der Waals surface area contributed by atoms with E-state index in [4.69, 9.17) is 4.74 Å². The fourth-order valence-corrected chi connectivity index (χ4v) is 2.24. The Morgan fingerprint density at radius 1 is 1.05 bits per heavy atom. The summed E-state index contributed by atoms with van der Waals surface area (Å²) in [5.74, 6) is 1.82. The number of hydrogen-bond acceptors (Lipinski definition) is 1. The van der Waals surface area contributed by atoms with Gasteiger partial charge in [-0.2, -0.15) is 0 Å². The Labute approximate surface area is 128 Å². The largest absolute Gasteiger partial charge is 0.457 e. The van der Waals surface area contributed by atoms with Crippen molar-refractivity contribution < 1.29 is 4.74 Å². The Morgan fingerprint density at radius 2 is 1.90 bits per heavy atom. The molecule has 2 aromatic rings. The van der Waals surface area contributed by atoms with Gasteiger partial charge in [-0.25, -0.2) is 0 Å². The van der Waals surface area contributed by atoms with Gasteiger partial charge < -0.3 is 4.74 Å². The van der Waals surface area contributed by atoms with E-state index in [2.05, 4.69) is 63.3 Å². The van der Waals surface area contributed by atoms with Crippen LogP contribution in [0.1, 0.15) is 42.9 Å². The summed E-state index contributed by atoms with van der Waals surface area (Å²) in [5, 5.41) is 0. The molecule has 1 nitrogen and oxygen atoms in total. The molecule has 0 saturated carbocycles. The third-order valence-corrected chi connectivity index (χ3v) is 3.45. The highest BCUT2D eigenvalue weighted by Crippen LogP contribution is 2.26. The quantitative estimate of drug-likeness (QED) is 0.564. The topological polar surface area (TPSA) is 9.23 Å². The lowest BCUT2D eigenvalue weighted by Gasteiger charge is -2.10. The maximum absolute atomic E-state index is 5.96. The van der Waals surface area contributed by atoms with Crippen molar-refractivity contribution in [3.8, 4) is 11.5 Å². The van der Waals surface area contributed by atoms with E-state index in [9.17, 15) is 0 Å². The second-order valence-electron chi connectivity index (χ2n) is 5.49. The molecule has 0 saturated heterocycles. The first-order valence-corrected chi connectivity index (χ1v) is 7.71. The highest BCUT2D eigenvalue weighted by molar-refractivity contribution is 5.53. The van der Waals surface area contributed by atoms with Crippen LogP contribution < -0.4 is 4.74 Å². The minimum Gasteiger partial charge on any atom is -0.457 e. The van der Waals surface area contributed by atoms with E-state index in [-0.39, 0.29) is 0 Å². The molecule has 2 aromatic carbocycles. The molecule has 21 heavy (non-hydrogen) atoms. The van der Waals surface area contributed by atoms with E-state index in [1.165, 1.54) is 24.0 Å². The number of hydrogen-bond donors (Lipinski definition) is 0. The van der Waals surface area contributed by atoms with E-state index in [1.54, 1.807) is 0 Å². The highest BCUT2D eigenvalue weighted by atomic mass is 16.5. The van der Waals surface area contributed by atoms with Crippen molar-refractivity contribution in [3.63, 3.8) is 0 Å². The molecule has 0 atom stereocenters. The lowest BCUT2D eigenvalue weighted by Crippen LogP contribution is -1.88. The number of ether oxygens (including phenoxy) is 1. The normalized spacial score (nSPS) is 11.0. The van der Waals surface area contributed by atoms with Crippen LogP contribution in [0.25, 0.3) is 6.08 Å². The van der Waals surface area contributed by atoms with Gasteiger partial charge in [0.1, 0.15) is 11.5 Å². The summed E-state index contributed by atoms with van der Waals surface area (Å²) in [7, 11) is 0. The minimum absolute atomic E-state index is 0.893. The molecule has 0 N–H and O–H groups in total. The molecule has 0 fully saturated rings. The molecule has 0 aromatic heterocycles. The van der Waals surface area contributed by atoms with E-state index >= 15 is 0 Å². The molecule has 0 bridgehead atoms. The average Bonchev–Trinajstić information content (AvgIpc) is 2.46. The first-order valence-electron chi connectivity index (χ1n) is 7.71. The van der Waals surface area contributed by atoms with Crippen LogP contribution in [-0.2, 0) is 0 Å². The van der Waals surface area contributed by atoms with Gasteiger partial charge in [-0.05, 0) is 61.2 Å². The van der Waals surface area contributed by atoms with Crippen molar-refractivity contribution in [3.05, 3.63) is 65.2 Å². The molecular weight excluding hydrogens is 256 g/mol. The molecule has 0 aliphatic heterocycles. The standard InChI is InChI=1S/C20H24O/c1-4-5-6-7-10-18-12-13-20(17(3)15-18)21-19-11-8-9-16(2)14-19/h7-15H,4-6H2,1-3H3/b10-7+. The Bertz CT molecular complexity index is 611. The third-order valence-electron chi connectivity index (χ3n) is 3.45. The van der Waals surface area contributed by atoms with Crippen molar-refractivity contribution in [1.82, 2.24) is 0 Å². The Hall–Kier alpha value is -2.02. The average molecular weight is 280 g/mol. The molecule has 1 heteroatoms. The molecule has 0 radical (unpaired) electrons. The van der Waals surface area contributed by atoms with E-state index < -0.39 is 0 Å². The van der Waals surface area contributed by atoms with E-state index in [0.717, 1.165) is 23.5 Å². The van der Waals surface area contributed by atoms with Crippen LogP contribution >= 0.6 is 0 Å². The summed E-state index contributed by atoms with van der Waals surface area (Å²) in [6, 6.07) is 14.5. The molecule has 0 amide bonds. The number of aryl methyl sites for hydroxylation is 2. The van der Waals surface area contributed by atoms with Gasteiger partial charge in [0.25, 0.3) is 0 Å². The second kappa shape index (κ2) is 7.68. The predicted molar refractivity (Wildman–Crippen MR) is 91.0 cm³/mol. The maximum Gasteiger partial charge on any atom is 0.130 e. The lowest BCUT2D eigenvalue weighted by atomic mass is 10.1. The van der Waals surface area contributed by atoms with Gasteiger partial charge in [-0.3, -0.25) is 0 Å². The zero-order chi connectivity index (χ0) is 15.1. The van der Waals surface area contributed by atoms with Gasteiger partial charge in [0.15, 0.2) is 0 Å². The second-order valence-corrected chi connectivity index (χ2v) is 5.49. The van der Waals surface area contributed by atoms with Crippen LogP contribution in [0.15, 0.2) is 48.5 Å². The van der Waals surface area contributed by atoms with Gasteiger partial charge in [0, 0.05) is 0 Å².